The van der Waals surface area contributed by atoms with Crippen LogP contribution in [0.25, 0.3) is 0 Å². The van der Waals surface area contributed by atoms with Gasteiger partial charge in [0.25, 0.3) is 0 Å². The molecule has 1 saturated heterocycles. The lowest BCUT2D eigenvalue weighted by molar-refractivity contribution is 0.107. The van der Waals surface area contributed by atoms with Crippen LogP contribution in [0.2, 0.25) is 0 Å². The summed E-state index contributed by atoms with van der Waals surface area (Å²) in [5.41, 5.74) is 1.94. The van der Waals surface area contributed by atoms with Crippen molar-refractivity contribution in [3.63, 3.8) is 0 Å². The van der Waals surface area contributed by atoms with E-state index in [1.807, 2.05) is 30.9 Å². The van der Waals surface area contributed by atoms with Gasteiger partial charge in [-0.1, -0.05) is 0 Å². The monoisotopic (exact) mass is 459 g/mol. The summed E-state index contributed by atoms with van der Waals surface area (Å²) in [6.07, 6.45) is 4.92. The quantitative estimate of drug-likeness (QED) is 0.733. The van der Waals surface area contributed by atoms with E-state index in [1.165, 1.54) is 12.6 Å². The maximum Gasteiger partial charge on any atom is 0.317 e. The first-order valence-electron chi connectivity index (χ1n) is 10.9. The van der Waals surface area contributed by atoms with Crippen LogP contribution in [0.1, 0.15) is 32.3 Å². The number of rotatable bonds is 5. The van der Waals surface area contributed by atoms with Gasteiger partial charge in [0.2, 0.25) is 5.88 Å². The Balaban J connectivity index is 1.41. The second kappa shape index (κ2) is 8.93. The number of nitrogens with zero attached hydrogens (tertiary/aromatic N) is 4. The van der Waals surface area contributed by atoms with Crippen LogP contribution in [0, 0.1) is 0 Å². The molecule has 1 aromatic carbocycles. The van der Waals surface area contributed by atoms with Crippen molar-refractivity contribution < 1.29 is 17.9 Å². The van der Waals surface area contributed by atoms with Crippen molar-refractivity contribution in [2.24, 2.45) is 0 Å². The number of urea groups is 1. The number of fused-ring (bicyclic) bond motifs is 1. The summed E-state index contributed by atoms with van der Waals surface area (Å²) in [4.78, 5) is 25.0. The Labute approximate surface area is 188 Å². The molecule has 4 rings (SSSR count). The van der Waals surface area contributed by atoms with E-state index in [9.17, 15) is 13.2 Å². The molecule has 9 nitrogen and oxygen atoms in total. The molecule has 0 atom stereocenters. The maximum atomic E-state index is 12.2. The summed E-state index contributed by atoms with van der Waals surface area (Å²) in [6, 6.07) is 7.11. The standard InChI is InChI=1S/C22H29N5O4S/c1-15(2)25-22(28)26-9-7-17(8-10-26)31-21-13-20(23-14-24-21)27-11-6-16-12-18(32(3,29)30)4-5-19(16)27/h4-5,12-15,17H,6-11H2,1-3H3,(H,25,28). The van der Waals surface area contributed by atoms with Crippen LogP contribution in [0.15, 0.2) is 35.5 Å². The van der Waals surface area contributed by atoms with Gasteiger partial charge in [-0.05, 0) is 44.0 Å². The van der Waals surface area contributed by atoms with Gasteiger partial charge >= 0.3 is 6.03 Å². The van der Waals surface area contributed by atoms with Crippen molar-refractivity contribution in [3.8, 4) is 5.88 Å². The molecule has 172 valence electrons. The fourth-order valence-electron chi connectivity index (χ4n) is 4.07. The Morgan fingerprint density at radius 2 is 1.91 bits per heavy atom. The second-order valence-corrected chi connectivity index (χ2v) is 10.6. The third-order valence-electron chi connectivity index (χ3n) is 5.71. The third kappa shape index (κ3) is 4.95. The van der Waals surface area contributed by atoms with E-state index in [-0.39, 0.29) is 18.2 Å². The molecule has 1 fully saturated rings. The van der Waals surface area contributed by atoms with Crippen LogP contribution in [-0.4, -0.2) is 67.4 Å². The largest absolute Gasteiger partial charge is 0.474 e. The zero-order valence-electron chi connectivity index (χ0n) is 18.6. The number of ether oxygens (including phenoxy) is 1. The third-order valence-corrected chi connectivity index (χ3v) is 6.82. The zero-order chi connectivity index (χ0) is 22.9. The van der Waals surface area contributed by atoms with E-state index in [4.69, 9.17) is 4.74 Å². The number of hydrogen-bond acceptors (Lipinski definition) is 7. The van der Waals surface area contributed by atoms with Gasteiger partial charge in [0.15, 0.2) is 9.84 Å². The molecule has 1 aromatic heterocycles. The molecular weight excluding hydrogens is 430 g/mol. The first kappa shape index (κ1) is 22.3. The highest BCUT2D eigenvalue weighted by Gasteiger charge is 2.26. The van der Waals surface area contributed by atoms with Crippen LogP contribution >= 0.6 is 0 Å². The number of aromatic nitrogens is 2. The van der Waals surface area contributed by atoms with Gasteiger partial charge < -0.3 is 19.9 Å². The summed E-state index contributed by atoms with van der Waals surface area (Å²) in [6.45, 7) is 5.89. The van der Waals surface area contributed by atoms with Crippen molar-refractivity contribution in [1.29, 1.82) is 0 Å². The molecule has 0 saturated carbocycles. The topological polar surface area (TPSA) is 105 Å². The molecule has 2 aliphatic heterocycles. The number of amides is 2. The number of benzene rings is 1. The Hall–Kier alpha value is -2.88. The molecule has 10 heteroatoms. The normalized spacial score (nSPS) is 16.9. The minimum Gasteiger partial charge on any atom is -0.474 e. The van der Waals surface area contributed by atoms with Crippen molar-refractivity contribution >= 4 is 27.4 Å². The summed E-state index contributed by atoms with van der Waals surface area (Å²) in [5, 5.41) is 2.92. The second-order valence-electron chi connectivity index (χ2n) is 8.59. The van der Waals surface area contributed by atoms with E-state index in [0.29, 0.717) is 30.4 Å². The number of likely N-dealkylation sites (tertiary alicyclic amines) is 1. The van der Waals surface area contributed by atoms with E-state index < -0.39 is 9.84 Å². The number of sulfone groups is 1. The van der Waals surface area contributed by atoms with Crippen LogP contribution in [-0.2, 0) is 16.3 Å². The molecule has 0 spiro atoms. The van der Waals surface area contributed by atoms with E-state index >= 15 is 0 Å². The number of piperidine rings is 1. The minimum absolute atomic E-state index is 0.0102. The molecule has 0 radical (unpaired) electrons. The van der Waals surface area contributed by atoms with Crippen LogP contribution in [0.3, 0.4) is 0 Å². The maximum absolute atomic E-state index is 12.2. The molecule has 2 aromatic rings. The number of carbonyl (C=O) groups excluding carboxylic acids is 1. The Morgan fingerprint density at radius 3 is 2.59 bits per heavy atom. The lowest BCUT2D eigenvalue weighted by Crippen LogP contribution is -2.48. The van der Waals surface area contributed by atoms with Crippen molar-refractivity contribution in [2.45, 2.75) is 50.2 Å². The highest BCUT2D eigenvalue weighted by Crippen LogP contribution is 2.35. The molecule has 32 heavy (non-hydrogen) atoms. The molecule has 0 unspecified atom stereocenters. The number of anilines is 2. The average molecular weight is 460 g/mol. The number of hydrogen-bond donors (Lipinski definition) is 1. The van der Waals surface area contributed by atoms with Crippen LogP contribution in [0.5, 0.6) is 5.88 Å². The fourth-order valence-corrected chi connectivity index (χ4v) is 4.75. The van der Waals surface area contributed by atoms with Gasteiger partial charge in [0.05, 0.1) is 4.90 Å². The van der Waals surface area contributed by atoms with Crippen molar-refractivity contribution in [3.05, 3.63) is 36.2 Å². The summed E-state index contributed by atoms with van der Waals surface area (Å²) >= 11 is 0. The van der Waals surface area contributed by atoms with E-state index in [0.717, 1.165) is 36.3 Å². The van der Waals surface area contributed by atoms with E-state index in [2.05, 4.69) is 20.2 Å². The van der Waals surface area contributed by atoms with Crippen LogP contribution < -0.4 is 15.0 Å². The Bertz CT molecular complexity index is 1100. The SMILES string of the molecule is CC(C)NC(=O)N1CCC(Oc2cc(N3CCc4cc(S(C)(=O)=O)ccc43)ncn2)CC1. The van der Waals surface area contributed by atoms with Gasteiger partial charge in [-0.2, -0.15) is 0 Å². The van der Waals surface area contributed by atoms with Gasteiger partial charge in [0, 0.05) is 56.5 Å². The van der Waals surface area contributed by atoms with Gasteiger partial charge in [-0.15, -0.1) is 0 Å². The predicted octanol–water partition coefficient (Wildman–Crippen LogP) is 2.54. The smallest absolute Gasteiger partial charge is 0.317 e. The Morgan fingerprint density at radius 1 is 1.16 bits per heavy atom. The molecule has 0 aliphatic carbocycles. The first-order chi connectivity index (χ1) is 15.2. The Kier molecular flexibility index (Phi) is 6.23. The average Bonchev–Trinajstić information content (AvgIpc) is 3.17. The summed E-state index contributed by atoms with van der Waals surface area (Å²) in [7, 11) is -3.24. The minimum atomic E-state index is -3.24. The van der Waals surface area contributed by atoms with Gasteiger partial charge in [-0.25, -0.2) is 23.2 Å². The highest BCUT2D eigenvalue weighted by atomic mass is 32.2. The zero-order valence-corrected chi connectivity index (χ0v) is 19.4. The summed E-state index contributed by atoms with van der Waals surface area (Å²) < 4.78 is 29.8. The van der Waals surface area contributed by atoms with E-state index in [1.54, 1.807) is 12.1 Å². The molecular formula is C22H29N5O4S. The first-order valence-corrected chi connectivity index (χ1v) is 12.7. The fraction of sp³-hybridized carbons (Fsp3) is 0.500. The molecule has 2 aliphatic rings. The molecule has 2 amide bonds. The van der Waals surface area contributed by atoms with Gasteiger partial charge in [-0.3, -0.25) is 0 Å². The number of carbonyl (C=O) groups is 1. The van der Waals surface area contributed by atoms with Crippen LogP contribution in [0.4, 0.5) is 16.3 Å². The molecule has 3 heterocycles. The lowest BCUT2D eigenvalue weighted by atomic mass is 10.1. The van der Waals surface area contributed by atoms with Crippen molar-refractivity contribution in [1.82, 2.24) is 20.2 Å². The lowest BCUT2D eigenvalue weighted by Gasteiger charge is -2.32. The van der Waals surface area contributed by atoms with Crippen molar-refractivity contribution in [2.75, 3.05) is 30.8 Å². The predicted molar refractivity (Wildman–Crippen MR) is 121 cm³/mol. The highest BCUT2D eigenvalue weighted by molar-refractivity contribution is 7.90. The number of nitrogens with one attached hydrogen (secondary N) is 1. The summed E-state index contributed by atoms with van der Waals surface area (Å²) in [5.74, 6) is 1.22. The molecule has 0 bridgehead atoms. The molecule has 1 N–H and O–H groups in total. The van der Waals surface area contributed by atoms with Gasteiger partial charge in [0.1, 0.15) is 18.2 Å².